The van der Waals surface area contributed by atoms with Gasteiger partial charge in [0.25, 0.3) is 0 Å². The predicted molar refractivity (Wildman–Crippen MR) is 79.9 cm³/mol. The van der Waals surface area contributed by atoms with E-state index in [4.69, 9.17) is 37.8 Å². The number of hydrogen-bond acceptors (Lipinski definition) is 4. The van der Waals surface area contributed by atoms with E-state index in [2.05, 4.69) is 0 Å². The van der Waals surface area contributed by atoms with Crippen molar-refractivity contribution in [1.82, 2.24) is 0 Å². The lowest BCUT2D eigenvalue weighted by atomic mass is 10.2. The zero-order chi connectivity index (χ0) is 16.0. The van der Waals surface area contributed by atoms with E-state index in [-0.39, 0.29) is 23.5 Å². The Labute approximate surface area is 132 Å². The van der Waals surface area contributed by atoms with E-state index in [9.17, 15) is 9.59 Å². The summed E-state index contributed by atoms with van der Waals surface area (Å²) < 4.78 is 10.2. The van der Waals surface area contributed by atoms with Gasteiger partial charge in [-0.1, -0.05) is 23.2 Å². The van der Waals surface area contributed by atoms with Crippen molar-refractivity contribution in [2.75, 3.05) is 6.61 Å². The highest BCUT2D eigenvalue weighted by Gasteiger charge is 2.13. The maximum Gasteiger partial charge on any atom is 0.344 e. The van der Waals surface area contributed by atoms with Crippen molar-refractivity contribution in [3.8, 4) is 5.75 Å². The molecular weight excluding hydrogens is 319 g/mol. The number of carboxylic acid groups (broad SMARTS) is 1. The molecule has 0 unspecified atom stereocenters. The van der Waals surface area contributed by atoms with E-state index < -0.39 is 11.9 Å². The molecule has 0 radical (unpaired) electrons. The van der Waals surface area contributed by atoms with Gasteiger partial charge in [-0.25, -0.2) is 9.59 Å². The van der Waals surface area contributed by atoms with Crippen LogP contribution in [0.25, 0.3) is 6.08 Å². The summed E-state index contributed by atoms with van der Waals surface area (Å²) in [7, 11) is 0. The number of carboxylic acids is 1. The van der Waals surface area contributed by atoms with Gasteiger partial charge in [-0.2, -0.15) is 0 Å². The summed E-state index contributed by atoms with van der Waals surface area (Å²) >= 11 is 11.9. The van der Waals surface area contributed by atoms with Crippen molar-refractivity contribution in [3.05, 3.63) is 33.8 Å². The van der Waals surface area contributed by atoms with Crippen LogP contribution >= 0.6 is 23.2 Å². The van der Waals surface area contributed by atoms with Gasteiger partial charge >= 0.3 is 11.9 Å². The number of benzene rings is 1. The number of halogens is 2. The summed E-state index contributed by atoms with van der Waals surface area (Å²) in [4.78, 5) is 22.0. The Kier molecular flexibility index (Phi) is 6.52. The molecule has 21 heavy (non-hydrogen) atoms. The molecule has 1 N–H and O–H groups in total. The lowest BCUT2D eigenvalue weighted by Gasteiger charge is -2.12. The molecule has 1 aromatic carbocycles. The van der Waals surface area contributed by atoms with Gasteiger partial charge in [0.1, 0.15) is 5.75 Å². The molecule has 0 aliphatic rings. The zero-order valence-electron chi connectivity index (χ0n) is 11.4. The molecule has 0 fully saturated rings. The zero-order valence-corrected chi connectivity index (χ0v) is 12.9. The molecule has 0 atom stereocenters. The maximum absolute atomic E-state index is 11.5. The quantitative estimate of drug-likeness (QED) is 0.638. The summed E-state index contributed by atoms with van der Waals surface area (Å²) in [6, 6.07) is 2.92. The Bertz CT molecular complexity index is 567. The first kappa shape index (κ1) is 17.3. The van der Waals surface area contributed by atoms with Crippen LogP contribution in [0.4, 0.5) is 0 Å². The van der Waals surface area contributed by atoms with Crippen molar-refractivity contribution in [3.63, 3.8) is 0 Å². The highest BCUT2D eigenvalue weighted by molar-refractivity contribution is 6.36. The van der Waals surface area contributed by atoms with Crippen molar-refractivity contribution in [1.29, 1.82) is 0 Å². The predicted octanol–water partition coefficient (Wildman–Crippen LogP) is 3.42. The van der Waals surface area contributed by atoms with Gasteiger partial charge in [-0.05, 0) is 32.1 Å². The number of carbonyl (C=O) groups is 2. The van der Waals surface area contributed by atoms with Gasteiger partial charge in [-0.15, -0.1) is 0 Å². The lowest BCUT2D eigenvalue weighted by molar-refractivity contribution is -0.149. The van der Waals surface area contributed by atoms with Crippen molar-refractivity contribution < 1.29 is 24.2 Å². The molecule has 0 spiro atoms. The summed E-state index contributed by atoms with van der Waals surface area (Å²) in [5, 5.41) is 9.15. The number of aliphatic carboxylic acids is 1. The summed E-state index contributed by atoms with van der Waals surface area (Å²) in [5.41, 5.74) is 0.354. The second-order valence-electron chi connectivity index (χ2n) is 4.30. The lowest BCUT2D eigenvalue weighted by Crippen LogP contribution is -2.19. The largest absolute Gasteiger partial charge is 0.480 e. The van der Waals surface area contributed by atoms with Crippen LogP contribution in [0.15, 0.2) is 18.2 Å². The summed E-state index contributed by atoms with van der Waals surface area (Å²) in [5.74, 6) is -1.51. The van der Waals surface area contributed by atoms with Gasteiger partial charge in [0, 0.05) is 16.7 Å². The molecule has 0 amide bonds. The summed E-state index contributed by atoms with van der Waals surface area (Å²) in [6.45, 7) is 3.09. The van der Waals surface area contributed by atoms with Crippen LogP contribution < -0.4 is 4.74 Å². The van der Waals surface area contributed by atoms with Crippen LogP contribution in [-0.2, 0) is 14.3 Å². The van der Waals surface area contributed by atoms with Crippen LogP contribution in [0, 0.1) is 0 Å². The monoisotopic (exact) mass is 332 g/mol. The van der Waals surface area contributed by atoms with Crippen LogP contribution in [0.3, 0.4) is 0 Å². The molecule has 0 bridgehead atoms. The normalized spacial score (nSPS) is 10.9. The van der Waals surface area contributed by atoms with E-state index in [0.29, 0.717) is 10.6 Å². The Morgan fingerprint density at radius 2 is 2.00 bits per heavy atom. The molecule has 0 saturated heterocycles. The Balaban J connectivity index is 2.94. The first-order valence-corrected chi connectivity index (χ1v) is 6.77. The fourth-order valence-electron chi connectivity index (χ4n) is 1.45. The Morgan fingerprint density at radius 1 is 1.33 bits per heavy atom. The molecule has 0 saturated carbocycles. The number of esters is 1. The SMILES string of the molecule is CC(C)OC(=O)COc1c(Cl)cc(Cl)cc1C=CC(=O)O. The molecule has 1 rings (SSSR count). The van der Waals surface area contributed by atoms with E-state index in [1.165, 1.54) is 18.2 Å². The van der Waals surface area contributed by atoms with Crippen LogP contribution in [0.2, 0.25) is 10.0 Å². The third-order valence-electron chi connectivity index (χ3n) is 2.14. The average Bonchev–Trinajstić information content (AvgIpc) is 2.33. The van der Waals surface area contributed by atoms with Gasteiger partial charge < -0.3 is 14.6 Å². The maximum atomic E-state index is 11.5. The van der Waals surface area contributed by atoms with Crippen LogP contribution in [0.1, 0.15) is 19.4 Å². The minimum atomic E-state index is -1.13. The summed E-state index contributed by atoms with van der Waals surface area (Å²) in [6.07, 6.45) is 1.94. The topological polar surface area (TPSA) is 72.8 Å². The molecule has 114 valence electrons. The van der Waals surface area contributed by atoms with E-state index in [0.717, 1.165) is 6.08 Å². The fraction of sp³-hybridized carbons (Fsp3) is 0.286. The smallest absolute Gasteiger partial charge is 0.344 e. The minimum Gasteiger partial charge on any atom is -0.480 e. The van der Waals surface area contributed by atoms with E-state index in [1.807, 2.05) is 0 Å². The molecular formula is C14H14Cl2O5. The van der Waals surface area contributed by atoms with Crippen LogP contribution in [0.5, 0.6) is 5.75 Å². The van der Waals surface area contributed by atoms with Gasteiger partial charge in [0.05, 0.1) is 11.1 Å². The Morgan fingerprint density at radius 3 is 2.57 bits per heavy atom. The van der Waals surface area contributed by atoms with E-state index >= 15 is 0 Å². The molecule has 0 heterocycles. The molecule has 0 aliphatic heterocycles. The third-order valence-corrected chi connectivity index (χ3v) is 2.64. The minimum absolute atomic E-state index is 0.166. The molecule has 0 aliphatic carbocycles. The van der Waals surface area contributed by atoms with E-state index in [1.54, 1.807) is 13.8 Å². The number of ether oxygens (including phenoxy) is 2. The highest BCUT2D eigenvalue weighted by Crippen LogP contribution is 2.33. The molecule has 7 heteroatoms. The standard InChI is InChI=1S/C14H14Cl2O5/c1-8(2)21-13(19)7-20-14-9(3-4-12(17)18)5-10(15)6-11(14)16/h3-6,8H,7H2,1-2H3,(H,17,18). The molecule has 5 nitrogen and oxygen atoms in total. The van der Waals surface area contributed by atoms with Gasteiger partial charge in [0.15, 0.2) is 6.61 Å². The fourth-order valence-corrected chi connectivity index (χ4v) is 2.01. The van der Waals surface area contributed by atoms with Crippen molar-refractivity contribution in [2.24, 2.45) is 0 Å². The number of rotatable bonds is 6. The second kappa shape index (κ2) is 7.90. The number of hydrogen-bond donors (Lipinski definition) is 1. The van der Waals surface area contributed by atoms with Crippen molar-refractivity contribution in [2.45, 2.75) is 20.0 Å². The van der Waals surface area contributed by atoms with Crippen LogP contribution in [-0.4, -0.2) is 29.8 Å². The highest BCUT2D eigenvalue weighted by atomic mass is 35.5. The van der Waals surface area contributed by atoms with Crippen molar-refractivity contribution >= 4 is 41.2 Å². The molecule has 1 aromatic rings. The van der Waals surface area contributed by atoms with Gasteiger partial charge in [0.2, 0.25) is 0 Å². The third kappa shape index (κ3) is 6.06. The first-order chi connectivity index (χ1) is 9.79. The average molecular weight is 333 g/mol. The number of carbonyl (C=O) groups excluding carboxylic acids is 1. The Hall–Kier alpha value is -1.72. The first-order valence-electron chi connectivity index (χ1n) is 6.02. The van der Waals surface area contributed by atoms with Gasteiger partial charge in [-0.3, -0.25) is 0 Å². The second-order valence-corrected chi connectivity index (χ2v) is 5.15. The molecule has 0 aromatic heterocycles.